The molecule has 3 nitrogen and oxygen atoms in total. The van der Waals surface area contributed by atoms with E-state index in [0.29, 0.717) is 12.2 Å². The summed E-state index contributed by atoms with van der Waals surface area (Å²) in [6.45, 7) is 7.08. The first kappa shape index (κ1) is 9.44. The molecular formula is C10H19NO2. The number of rotatable bonds is 0. The van der Waals surface area contributed by atoms with Gasteiger partial charge >= 0.3 is 0 Å². The maximum absolute atomic E-state index is 6.04. The Morgan fingerprint density at radius 1 is 1.31 bits per heavy atom. The van der Waals surface area contributed by atoms with E-state index in [1.165, 1.54) is 0 Å². The summed E-state index contributed by atoms with van der Waals surface area (Å²) in [4.78, 5) is 0. The van der Waals surface area contributed by atoms with Crippen LogP contribution >= 0.6 is 0 Å². The Bertz CT molecular complexity index is 164. The Morgan fingerprint density at radius 2 is 2.15 bits per heavy atom. The molecule has 0 saturated carbocycles. The lowest BCUT2D eigenvalue weighted by Crippen LogP contribution is -2.56. The van der Waals surface area contributed by atoms with E-state index in [1.54, 1.807) is 0 Å². The summed E-state index contributed by atoms with van der Waals surface area (Å²) < 4.78 is 11.6. The van der Waals surface area contributed by atoms with Crippen LogP contribution in [0.3, 0.4) is 0 Å². The third kappa shape index (κ3) is 2.03. The molecule has 76 valence electrons. The third-order valence-electron chi connectivity index (χ3n) is 2.95. The summed E-state index contributed by atoms with van der Waals surface area (Å²) in [5.41, 5.74) is 0.0648. The highest BCUT2D eigenvalue weighted by atomic mass is 16.5. The molecule has 0 bridgehead atoms. The van der Waals surface area contributed by atoms with Gasteiger partial charge in [0.25, 0.3) is 0 Å². The molecule has 2 heterocycles. The number of hydrogen-bond acceptors (Lipinski definition) is 3. The number of hydrogen-bond donors (Lipinski definition) is 1. The zero-order valence-electron chi connectivity index (χ0n) is 8.51. The van der Waals surface area contributed by atoms with Gasteiger partial charge in [-0.15, -0.1) is 0 Å². The second kappa shape index (κ2) is 3.56. The van der Waals surface area contributed by atoms with Gasteiger partial charge in [-0.3, -0.25) is 0 Å². The largest absolute Gasteiger partial charge is 0.378 e. The summed E-state index contributed by atoms with van der Waals surface area (Å²) in [6, 6.07) is 0. The molecule has 0 aromatic rings. The van der Waals surface area contributed by atoms with Gasteiger partial charge in [-0.05, 0) is 13.8 Å². The topological polar surface area (TPSA) is 30.5 Å². The quantitative estimate of drug-likeness (QED) is 0.609. The molecule has 2 aliphatic heterocycles. The van der Waals surface area contributed by atoms with Crippen LogP contribution in [0.25, 0.3) is 0 Å². The second-order valence-electron chi connectivity index (χ2n) is 4.38. The highest BCUT2D eigenvalue weighted by Crippen LogP contribution is 2.30. The van der Waals surface area contributed by atoms with Crippen molar-refractivity contribution in [1.82, 2.24) is 5.32 Å². The monoisotopic (exact) mass is 185 g/mol. The Balaban J connectivity index is 2.00. The van der Waals surface area contributed by atoms with Crippen molar-refractivity contribution in [3.05, 3.63) is 0 Å². The fourth-order valence-corrected chi connectivity index (χ4v) is 2.41. The molecule has 1 N–H and O–H groups in total. The smallest absolute Gasteiger partial charge is 0.0856 e. The molecule has 13 heavy (non-hydrogen) atoms. The minimum atomic E-state index is 0.0648. The van der Waals surface area contributed by atoms with Crippen molar-refractivity contribution < 1.29 is 9.47 Å². The Kier molecular flexibility index (Phi) is 2.58. The van der Waals surface area contributed by atoms with E-state index in [1.807, 2.05) is 0 Å². The van der Waals surface area contributed by atoms with Crippen molar-refractivity contribution in [3.63, 3.8) is 0 Å². The van der Waals surface area contributed by atoms with Crippen molar-refractivity contribution in [3.8, 4) is 0 Å². The molecule has 3 atom stereocenters. The maximum Gasteiger partial charge on any atom is 0.0856 e. The SMILES string of the molecule is C[C@@H]1C[C@@]2(CCO1)CNC[C@@H](C)O2. The second-order valence-corrected chi connectivity index (χ2v) is 4.38. The number of nitrogens with one attached hydrogen (secondary N) is 1. The Morgan fingerprint density at radius 3 is 2.85 bits per heavy atom. The van der Waals surface area contributed by atoms with Gasteiger partial charge in [0.05, 0.1) is 17.8 Å². The summed E-state index contributed by atoms with van der Waals surface area (Å²) in [5.74, 6) is 0. The highest BCUT2D eigenvalue weighted by Gasteiger charge is 2.39. The first-order valence-electron chi connectivity index (χ1n) is 5.20. The van der Waals surface area contributed by atoms with Gasteiger partial charge in [0, 0.05) is 32.5 Å². The fourth-order valence-electron chi connectivity index (χ4n) is 2.41. The van der Waals surface area contributed by atoms with E-state index in [4.69, 9.17) is 9.47 Å². The summed E-state index contributed by atoms with van der Waals surface area (Å²) >= 11 is 0. The Labute approximate surface area is 79.8 Å². The standard InChI is InChI=1S/C10H19NO2/c1-8-5-10(3-4-12-8)7-11-6-9(2)13-10/h8-9,11H,3-7H2,1-2H3/t8-,9-,10+/m1/s1. The van der Waals surface area contributed by atoms with Gasteiger partial charge in [-0.1, -0.05) is 0 Å². The van der Waals surface area contributed by atoms with Gasteiger partial charge in [0.2, 0.25) is 0 Å². The molecule has 0 aromatic heterocycles. The van der Waals surface area contributed by atoms with Crippen molar-refractivity contribution in [1.29, 1.82) is 0 Å². The number of morpholine rings is 1. The van der Waals surface area contributed by atoms with Gasteiger partial charge in [0.1, 0.15) is 0 Å². The van der Waals surface area contributed by atoms with Gasteiger partial charge in [-0.2, -0.15) is 0 Å². The normalized spacial score (nSPS) is 46.6. The molecule has 0 amide bonds. The minimum absolute atomic E-state index is 0.0648. The van der Waals surface area contributed by atoms with Crippen molar-refractivity contribution in [2.45, 2.75) is 44.5 Å². The third-order valence-corrected chi connectivity index (χ3v) is 2.95. The van der Waals surface area contributed by atoms with Crippen LogP contribution in [0.2, 0.25) is 0 Å². The van der Waals surface area contributed by atoms with Crippen LogP contribution in [0, 0.1) is 0 Å². The molecule has 3 heteroatoms. The van der Waals surface area contributed by atoms with E-state index in [-0.39, 0.29) is 5.60 Å². The van der Waals surface area contributed by atoms with Gasteiger partial charge < -0.3 is 14.8 Å². The van der Waals surface area contributed by atoms with Crippen LogP contribution in [-0.4, -0.2) is 37.5 Å². The van der Waals surface area contributed by atoms with Crippen molar-refractivity contribution in [2.75, 3.05) is 19.7 Å². The van der Waals surface area contributed by atoms with E-state index in [0.717, 1.165) is 32.5 Å². The number of ether oxygens (including phenoxy) is 2. The van der Waals surface area contributed by atoms with E-state index >= 15 is 0 Å². The molecule has 2 aliphatic rings. The van der Waals surface area contributed by atoms with Crippen LogP contribution < -0.4 is 5.32 Å². The predicted molar refractivity (Wildman–Crippen MR) is 50.8 cm³/mol. The molecule has 2 rings (SSSR count). The lowest BCUT2D eigenvalue weighted by atomic mass is 9.89. The maximum atomic E-state index is 6.04. The van der Waals surface area contributed by atoms with Crippen LogP contribution in [0.15, 0.2) is 0 Å². The molecule has 2 fully saturated rings. The molecule has 0 aromatic carbocycles. The van der Waals surface area contributed by atoms with Gasteiger partial charge in [0.15, 0.2) is 0 Å². The zero-order valence-corrected chi connectivity index (χ0v) is 8.51. The molecule has 0 aliphatic carbocycles. The lowest BCUT2D eigenvalue weighted by Gasteiger charge is -2.45. The molecular weight excluding hydrogens is 166 g/mol. The summed E-state index contributed by atoms with van der Waals surface area (Å²) in [5, 5.41) is 3.44. The average Bonchev–Trinajstić information content (AvgIpc) is 2.02. The van der Waals surface area contributed by atoms with Crippen molar-refractivity contribution >= 4 is 0 Å². The van der Waals surface area contributed by atoms with E-state index in [9.17, 15) is 0 Å². The first-order valence-corrected chi connectivity index (χ1v) is 5.20. The Hall–Kier alpha value is -0.120. The fraction of sp³-hybridized carbons (Fsp3) is 1.00. The van der Waals surface area contributed by atoms with Crippen LogP contribution in [0.1, 0.15) is 26.7 Å². The molecule has 2 saturated heterocycles. The van der Waals surface area contributed by atoms with Crippen molar-refractivity contribution in [2.24, 2.45) is 0 Å². The van der Waals surface area contributed by atoms with Gasteiger partial charge in [-0.25, -0.2) is 0 Å². The van der Waals surface area contributed by atoms with E-state index in [2.05, 4.69) is 19.2 Å². The van der Waals surface area contributed by atoms with Crippen LogP contribution in [-0.2, 0) is 9.47 Å². The zero-order chi connectivity index (χ0) is 9.31. The molecule has 1 spiro atoms. The first-order chi connectivity index (χ1) is 6.20. The molecule has 0 unspecified atom stereocenters. The predicted octanol–water partition coefficient (Wildman–Crippen LogP) is 0.932. The molecule has 0 radical (unpaired) electrons. The van der Waals surface area contributed by atoms with Crippen LogP contribution in [0.4, 0.5) is 0 Å². The summed E-state index contributed by atoms with van der Waals surface area (Å²) in [7, 11) is 0. The lowest BCUT2D eigenvalue weighted by molar-refractivity contribution is -0.169. The highest BCUT2D eigenvalue weighted by molar-refractivity contribution is 4.92. The summed E-state index contributed by atoms with van der Waals surface area (Å²) in [6.07, 6.45) is 2.76. The van der Waals surface area contributed by atoms with Crippen LogP contribution in [0.5, 0.6) is 0 Å². The van der Waals surface area contributed by atoms with E-state index < -0.39 is 0 Å². The average molecular weight is 185 g/mol. The minimum Gasteiger partial charge on any atom is -0.378 e.